The number of nitrogens with one attached hydrogen (secondary N) is 4. The standard InChI is InChI=1S/3C11H21NO.4C9H17NO.C9H16O.8C3H8/c3*1-4-12(3)11(13)10-7-5-9(2)6-8-10;4*1-7-3-5-8(6-4-7)9(11)10-2;1-7-3-5-9(6-4-7)8(2)10;8*1-3-2/h3*9-10H,4-8H2,1-3H3;4*7-8H,3-6H2,1-2H3,(H,10,11);7,9H,3-6H2,1-2H3;8*3H2,1-2H3. The highest BCUT2D eigenvalue weighted by molar-refractivity contribution is 5.81. The number of nitrogens with zero attached hydrogens (tertiary/aromatic N) is 3. The van der Waals surface area contributed by atoms with Gasteiger partial charge in [-0.15, -0.1) is 0 Å². The third-order valence-electron chi connectivity index (χ3n) is 22.8. The minimum atomic E-state index is 0.233. The molecule has 0 spiro atoms. The summed E-state index contributed by atoms with van der Waals surface area (Å²) in [6, 6.07) is 0. The van der Waals surface area contributed by atoms with E-state index in [0.29, 0.717) is 70.8 Å². The van der Waals surface area contributed by atoms with E-state index in [-0.39, 0.29) is 23.6 Å². The van der Waals surface area contributed by atoms with E-state index < -0.39 is 0 Å². The lowest BCUT2D eigenvalue weighted by Gasteiger charge is -2.28. The second-order valence-electron chi connectivity index (χ2n) is 36.4. The van der Waals surface area contributed by atoms with Gasteiger partial charge in [0.1, 0.15) is 5.78 Å². The molecule has 0 aliphatic heterocycles. The molecule has 0 aromatic heterocycles. The molecule has 15 heteroatoms. The normalized spacial score (nSPS) is 25.5. The lowest BCUT2D eigenvalue weighted by molar-refractivity contribution is -0.136. The second-order valence-corrected chi connectivity index (χ2v) is 36.4. The Balaban J connectivity index is -0.000000186. The highest BCUT2D eigenvalue weighted by atomic mass is 16.2. The molecule has 8 aliphatic rings. The van der Waals surface area contributed by atoms with Gasteiger partial charge < -0.3 is 36.0 Å². The third-order valence-corrected chi connectivity index (χ3v) is 22.8. The van der Waals surface area contributed by atoms with Crippen molar-refractivity contribution in [2.45, 2.75) is 451 Å². The van der Waals surface area contributed by atoms with E-state index in [1.54, 1.807) is 35.1 Å². The van der Waals surface area contributed by atoms with Crippen molar-refractivity contribution < 1.29 is 38.4 Å². The average molecular weight is 1660 g/mol. The first-order valence-corrected chi connectivity index (χ1v) is 49.5. The Labute approximate surface area is 731 Å². The maximum absolute atomic E-state index is 11.8. The van der Waals surface area contributed by atoms with E-state index in [1.165, 1.54) is 154 Å². The molecule has 4 N–H and O–H groups in total. The predicted molar refractivity (Wildman–Crippen MR) is 514 cm³/mol. The first kappa shape index (κ1) is 129. The summed E-state index contributed by atoms with van der Waals surface area (Å²) in [6.45, 7) is 62.5. The SMILES string of the molecule is CC(=O)C1CCC(C)CC1.CCC.CCC.CCC.CCC.CCC.CCC.CCC.CCC.CCN(C)C(=O)C1CCC(C)CC1.CCN(C)C(=O)C1CCC(C)CC1.CCN(C)C(=O)C1CCC(C)CC1.CNC(=O)C1CCC(C)CC1.CNC(=O)C1CCC(C)CC1.CNC(=O)C1CCC(C)CC1.CNC(=O)C1CCC(C)CC1. The predicted octanol–water partition coefficient (Wildman–Crippen LogP) is 26.8. The van der Waals surface area contributed by atoms with E-state index in [4.69, 9.17) is 0 Å². The molecule has 0 heterocycles. The summed E-state index contributed by atoms with van der Waals surface area (Å²) in [4.78, 5) is 96.4. The van der Waals surface area contributed by atoms with Crippen molar-refractivity contribution in [2.75, 3.05) is 69.0 Å². The van der Waals surface area contributed by atoms with Crippen LogP contribution in [0, 0.1) is 94.7 Å². The van der Waals surface area contributed by atoms with Crippen LogP contribution >= 0.6 is 0 Å². The summed E-state index contributed by atoms with van der Waals surface area (Å²) in [5.74, 6) is 11.6. The van der Waals surface area contributed by atoms with Crippen LogP contribution in [0.25, 0.3) is 0 Å². The molecule has 8 aliphatic carbocycles. The van der Waals surface area contributed by atoms with Gasteiger partial charge in [-0.2, -0.15) is 0 Å². The molecule has 702 valence electrons. The number of Topliss-reactive ketones (excluding diaryl/α,β-unsaturated/α-hetero) is 1. The highest BCUT2D eigenvalue weighted by Crippen LogP contribution is 2.35. The fourth-order valence-electron chi connectivity index (χ4n) is 14.5. The topological polar surface area (TPSA) is 194 Å². The molecule has 0 unspecified atom stereocenters. The van der Waals surface area contributed by atoms with Gasteiger partial charge in [-0.05, 0) is 268 Å². The van der Waals surface area contributed by atoms with E-state index in [2.05, 4.69) is 187 Å². The van der Waals surface area contributed by atoms with Crippen molar-refractivity contribution in [3.63, 3.8) is 0 Å². The quantitative estimate of drug-likeness (QED) is 0.157. The van der Waals surface area contributed by atoms with Crippen LogP contribution < -0.4 is 21.3 Å². The van der Waals surface area contributed by atoms with Crippen LogP contribution in [0.2, 0.25) is 0 Å². The molecular formula is C102H211N7O8. The number of amides is 7. The molecule has 8 fully saturated rings. The van der Waals surface area contributed by atoms with Gasteiger partial charge >= 0.3 is 0 Å². The summed E-state index contributed by atoms with van der Waals surface area (Å²) in [5, 5.41) is 10.8. The third kappa shape index (κ3) is 75.4. The van der Waals surface area contributed by atoms with Crippen LogP contribution in [0.3, 0.4) is 0 Å². The van der Waals surface area contributed by atoms with Crippen molar-refractivity contribution in [1.82, 2.24) is 36.0 Å². The van der Waals surface area contributed by atoms with Gasteiger partial charge in [0, 0.05) is 116 Å². The van der Waals surface area contributed by atoms with Crippen molar-refractivity contribution >= 4 is 47.1 Å². The molecule has 117 heavy (non-hydrogen) atoms. The van der Waals surface area contributed by atoms with Crippen molar-refractivity contribution in [1.29, 1.82) is 0 Å². The maximum atomic E-state index is 11.8. The van der Waals surface area contributed by atoms with Gasteiger partial charge in [-0.1, -0.05) is 230 Å². The maximum Gasteiger partial charge on any atom is 0.225 e. The van der Waals surface area contributed by atoms with E-state index in [0.717, 1.165) is 170 Å². The summed E-state index contributed by atoms with van der Waals surface area (Å²) in [5.41, 5.74) is 0. The van der Waals surface area contributed by atoms with Gasteiger partial charge in [0.15, 0.2) is 0 Å². The van der Waals surface area contributed by atoms with Gasteiger partial charge in [0.2, 0.25) is 41.4 Å². The summed E-state index contributed by atoms with van der Waals surface area (Å²) < 4.78 is 0. The van der Waals surface area contributed by atoms with Crippen molar-refractivity contribution in [3.05, 3.63) is 0 Å². The van der Waals surface area contributed by atoms with Gasteiger partial charge in [-0.3, -0.25) is 38.4 Å². The largest absolute Gasteiger partial charge is 0.359 e. The van der Waals surface area contributed by atoms with Crippen LogP contribution in [-0.4, -0.2) is 131 Å². The molecule has 7 amide bonds. The first-order valence-electron chi connectivity index (χ1n) is 49.5. The summed E-state index contributed by atoms with van der Waals surface area (Å²) in [6.07, 6.45) is 47.2. The van der Waals surface area contributed by atoms with Gasteiger partial charge in [-0.25, -0.2) is 0 Å². The lowest BCUT2D eigenvalue weighted by Crippen LogP contribution is -2.34. The van der Waals surface area contributed by atoms with E-state index in [1.807, 2.05) is 56.6 Å². The van der Waals surface area contributed by atoms with E-state index in [9.17, 15) is 38.4 Å². The van der Waals surface area contributed by atoms with Crippen LogP contribution in [0.5, 0.6) is 0 Å². The number of carbonyl (C=O) groups excluding carboxylic acids is 8. The number of hydrogen-bond acceptors (Lipinski definition) is 8. The Hall–Kier alpha value is -4.04. The highest BCUT2D eigenvalue weighted by Gasteiger charge is 2.31. The minimum absolute atomic E-state index is 0.233. The molecule has 15 nitrogen and oxygen atoms in total. The Bertz CT molecular complexity index is 1930. The fraction of sp³-hybridized carbons (Fsp3) is 0.922. The molecule has 8 rings (SSSR count). The minimum Gasteiger partial charge on any atom is -0.359 e. The Morgan fingerprint density at radius 2 is 0.308 bits per heavy atom. The molecule has 0 bridgehead atoms. The van der Waals surface area contributed by atoms with Crippen LogP contribution in [-0.2, 0) is 38.4 Å². The second kappa shape index (κ2) is 89.7. The zero-order valence-corrected chi connectivity index (χ0v) is 85.3. The van der Waals surface area contributed by atoms with E-state index >= 15 is 0 Å². The molecule has 0 radical (unpaired) electrons. The van der Waals surface area contributed by atoms with Crippen molar-refractivity contribution in [3.8, 4) is 0 Å². The molecular weight excluding hydrogens is 1450 g/mol. The molecule has 0 saturated heterocycles. The molecule has 0 aromatic carbocycles. The number of hydrogen-bond donors (Lipinski definition) is 4. The van der Waals surface area contributed by atoms with Gasteiger partial charge in [0.05, 0.1) is 0 Å². The summed E-state index contributed by atoms with van der Waals surface area (Å²) in [7, 11) is 12.6. The zero-order chi connectivity index (χ0) is 91.8. The monoisotopic (exact) mass is 1660 g/mol. The number of carbonyl (C=O) groups is 8. The molecule has 8 saturated carbocycles. The Morgan fingerprint density at radius 1 is 0.205 bits per heavy atom. The molecule has 0 aromatic rings. The van der Waals surface area contributed by atoms with Gasteiger partial charge in [0.25, 0.3) is 0 Å². The Kier molecular flexibility index (Phi) is 98.5. The average Bonchev–Trinajstić information content (AvgIpc) is 0.841. The van der Waals surface area contributed by atoms with Crippen LogP contribution in [0.4, 0.5) is 0 Å². The Morgan fingerprint density at radius 3 is 0.402 bits per heavy atom. The zero-order valence-electron chi connectivity index (χ0n) is 85.3. The smallest absolute Gasteiger partial charge is 0.225 e. The van der Waals surface area contributed by atoms with Crippen LogP contribution in [0.1, 0.15) is 451 Å². The van der Waals surface area contributed by atoms with Crippen LogP contribution in [0.15, 0.2) is 0 Å². The van der Waals surface area contributed by atoms with Crippen molar-refractivity contribution in [2.24, 2.45) is 94.7 Å². The number of rotatable bonds is 11. The summed E-state index contributed by atoms with van der Waals surface area (Å²) >= 11 is 0. The molecule has 0 atom stereocenters. The fourth-order valence-corrected chi connectivity index (χ4v) is 14.5. The first-order chi connectivity index (χ1) is 55.4. The number of ketones is 1. The lowest BCUT2D eigenvalue weighted by atomic mass is 9.81.